The molecule has 0 aliphatic heterocycles. The Morgan fingerprint density at radius 3 is 2.96 bits per heavy atom. The molecule has 0 bridgehead atoms. The minimum absolute atomic E-state index is 0.0256. The minimum atomic E-state index is -0.449. The van der Waals surface area contributed by atoms with Gasteiger partial charge in [-0.15, -0.1) is 0 Å². The summed E-state index contributed by atoms with van der Waals surface area (Å²) >= 11 is 0. The number of benzene rings is 1. The molecule has 0 saturated carbocycles. The van der Waals surface area contributed by atoms with Gasteiger partial charge in [0.05, 0.1) is 18.0 Å². The Kier molecular flexibility index (Phi) is 3.32. The Morgan fingerprint density at radius 1 is 1.36 bits per heavy atom. The van der Waals surface area contributed by atoms with Crippen molar-refractivity contribution in [3.63, 3.8) is 0 Å². The van der Waals surface area contributed by atoms with Crippen molar-refractivity contribution in [1.29, 1.82) is 5.26 Å². The number of nitriles is 1. The predicted molar refractivity (Wildman–Crippen MR) is 87.7 cm³/mol. The Hall–Kier alpha value is -3.86. The Bertz CT molecular complexity index is 1120. The fraction of sp³-hybridized carbons (Fsp3) is 0.0588. The maximum Gasteiger partial charge on any atom is 0.278 e. The van der Waals surface area contributed by atoms with Crippen molar-refractivity contribution in [2.24, 2.45) is 0 Å². The minimum Gasteiger partial charge on any atom is -0.472 e. The number of hydrogen-bond acceptors (Lipinski definition) is 6. The molecule has 3 aromatic heterocycles. The third kappa shape index (κ3) is 2.44. The number of carbonyl (C=O) groups is 1. The molecular formula is C17H11N5O3. The fourth-order valence-electron chi connectivity index (χ4n) is 2.55. The van der Waals surface area contributed by atoms with E-state index in [1.54, 1.807) is 31.6 Å². The van der Waals surface area contributed by atoms with Crippen LogP contribution in [0.4, 0.5) is 5.69 Å². The monoisotopic (exact) mass is 333 g/mol. The highest BCUT2D eigenvalue weighted by molar-refractivity contribution is 6.05. The van der Waals surface area contributed by atoms with E-state index in [0.717, 1.165) is 22.2 Å². The second-order valence-electron chi connectivity index (χ2n) is 5.40. The van der Waals surface area contributed by atoms with Crippen LogP contribution in [0.1, 0.15) is 21.8 Å². The number of nitrogens with one attached hydrogen (secondary N) is 2. The summed E-state index contributed by atoms with van der Waals surface area (Å²) < 4.78 is 9.93. The molecule has 0 aliphatic rings. The largest absolute Gasteiger partial charge is 0.472 e. The number of aromatic amines is 1. The van der Waals surface area contributed by atoms with Crippen LogP contribution in [0.2, 0.25) is 0 Å². The lowest BCUT2D eigenvalue weighted by Crippen LogP contribution is -2.13. The molecule has 4 rings (SSSR count). The van der Waals surface area contributed by atoms with E-state index in [2.05, 4.69) is 20.7 Å². The van der Waals surface area contributed by atoms with Crippen LogP contribution in [-0.2, 0) is 0 Å². The zero-order valence-corrected chi connectivity index (χ0v) is 13.0. The summed E-state index contributed by atoms with van der Waals surface area (Å²) in [4.78, 5) is 12.4. The van der Waals surface area contributed by atoms with Gasteiger partial charge in [0.1, 0.15) is 11.8 Å². The summed E-state index contributed by atoms with van der Waals surface area (Å²) in [7, 11) is 0. The molecule has 2 N–H and O–H groups in total. The van der Waals surface area contributed by atoms with E-state index in [0.29, 0.717) is 11.3 Å². The molecule has 0 atom stereocenters. The average molecular weight is 333 g/mol. The van der Waals surface area contributed by atoms with Crippen molar-refractivity contribution in [2.75, 3.05) is 5.32 Å². The van der Waals surface area contributed by atoms with Crippen LogP contribution in [-0.4, -0.2) is 21.3 Å². The van der Waals surface area contributed by atoms with E-state index in [4.69, 9.17) is 14.2 Å². The van der Waals surface area contributed by atoms with Crippen molar-refractivity contribution < 1.29 is 13.7 Å². The highest BCUT2D eigenvalue weighted by Gasteiger charge is 2.19. The lowest BCUT2D eigenvalue weighted by atomic mass is 10.1. The number of amides is 1. The molecule has 4 aromatic rings. The van der Waals surface area contributed by atoms with E-state index in [-0.39, 0.29) is 11.5 Å². The van der Waals surface area contributed by atoms with Gasteiger partial charge >= 0.3 is 0 Å². The van der Waals surface area contributed by atoms with E-state index in [1.807, 2.05) is 18.2 Å². The first-order valence-electron chi connectivity index (χ1n) is 7.36. The van der Waals surface area contributed by atoms with Crippen LogP contribution >= 0.6 is 0 Å². The highest BCUT2D eigenvalue weighted by Crippen LogP contribution is 2.29. The average Bonchev–Trinajstić information content (AvgIpc) is 3.33. The SMILES string of the molecule is Cc1c(C(=O)Nc2ccc3[nH]nc(-c4ccoc4)c3c2)noc1C#N. The summed E-state index contributed by atoms with van der Waals surface area (Å²) in [6.07, 6.45) is 3.17. The van der Waals surface area contributed by atoms with Crippen LogP contribution in [0, 0.1) is 18.3 Å². The van der Waals surface area contributed by atoms with Crippen molar-refractivity contribution >= 4 is 22.5 Å². The second-order valence-corrected chi connectivity index (χ2v) is 5.40. The van der Waals surface area contributed by atoms with E-state index >= 15 is 0 Å². The molecular weight excluding hydrogens is 322 g/mol. The number of fused-ring (bicyclic) bond motifs is 1. The van der Waals surface area contributed by atoms with Crippen LogP contribution < -0.4 is 5.32 Å². The normalized spacial score (nSPS) is 10.7. The van der Waals surface area contributed by atoms with Crippen LogP contribution in [0.5, 0.6) is 0 Å². The van der Waals surface area contributed by atoms with Crippen LogP contribution in [0.3, 0.4) is 0 Å². The fourth-order valence-corrected chi connectivity index (χ4v) is 2.55. The van der Waals surface area contributed by atoms with Crippen LogP contribution in [0.15, 0.2) is 45.7 Å². The molecule has 1 aromatic carbocycles. The molecule has 0 radical (unpaired) electrons. The number of H-pyrrole nitrogens is 1. The lowest BCUT2D eigenvalue weighted by molar-refractivity contribution is 0.101. The molecule has 25 heavy (non-hydrogen) atoms. The van der Waals surface area contributed by atoms with Gasteiger partial charge in [0, 0.05) is 22.2 Å². The molecule has 8 nitrogen and oxygen atoms in total. The third-order valence-electron chi connectivity index (χ3n) is 3.86. The maximum absolute atomic E-state index is 12.4. The number of aromatic nitrogens is 3. The van der Waals surface area contributed by atoms with E-state index in [1.165, 1.54) is 0 Å². The maximum atomic E-state index is 12.4. The molecule has 0 fully saturated rings. The molecule has 1 amide bonds. The second kappa shape index (κ2) is 5.65. The van der Waals surface area contributed by atoms with Gasteiger partial charge in [0.2, 0.25) is 5.76 Å². The summed E-state index contributed by atoms with van der Waals surface area (Å²) in [5, 5.41) is 23.4. The molecule has 8 heteroatoms. The highest BCUT2D eigenvalue weighted by atomic mass is 16.5. The number of nitrogens with zero attached hydrogens (tertiary/aromatic N) is 3. The molecule has 3 heterocycles. The molecule has 122 valence electrons. The Labute approximate surface area is 141 Å². The number of rotatable bonds is 3. The van der Waals surface area contributed by atoms with E-state index in [9.17, 15) is 4.79 Å². The Morgan fingerprint density at radius 2 is 2.24 bits per heavy atom. The van der Waals surface area contributed by atoms with Gasteiger partial charge in [-0.1, -0.05) is 5.16 Å². The quantitative estimate of drug-likeness (QED) is 0.593. The topological polar surface area (TPSA) is 121 Å². The van der Waals surface area contributed by atoms with Gasteiger partial charge < -0.3 is 14.3 Å². The molecule has 0 aliphatic carbocycles. The Balaban J connectivity index is 1.68. The lowest BCUT2D eigenvalue weighted by Gasteiger charge is -2.04. The third-order valence-corrected chi connectivity index (χ3v) is 3.86. The van der Waals surface area contributed by atoms with Gasteiger partial charge in [-0.05, 0) is 31.2 Å². The van der Waals surface area contributed by atoms with Crippen molar-refractivity contribution in [1.82, 2.24) is 15.4 Å². The van der Waals surface area contributed by atoms with Gasteiger partial charge in [-0.2, -0.15) is 10.4 Å². The standard InChI is InChI=1S/C17H11N5O3/c1-9-14(7-18)25-22-15(9)17(23)19-11-2-3-13-12(6-11)16(21-20-13)10-4-5-24-8-10/h2-6,8H,1H3,(H,19,23)(H,20,21). The smallest absolute Gasteiger partial charge is 0.278 e. The first kappa shape index (κ1) is 14.7. The molecule has 0 unspecified atom stereocenters. The van der Waals surface area contributed by atoms with E-state index < -0.39 is 5.91 Å². The number of hydrogen-bond donors (Lipinski definition) is 2. The number of anilines is 1. The van der Waals surface area contributed by atoms with Crippen molar-refractivity contribution in [2.45, 2.75) is 6.92 Å². The number of carbonyl (C=O) groups excluding carboxylic acids is 1. The van der Waals surface area contributed by atoms with Gasteiger partial charge in [-0.25, -0.2) is 0 Å². The predicted octanol–water partition coefficient (Wildman–Crippen LogP) is 3.24. The summed E-state index contributed by atoms with van der Waals surface area (Å²) in [5.74, 6) is -0.423. The summed E-state index contributed by atoms with van der Waals surface area (Å²) in [6, 6.07) is 9.03. The first-order chi connectivity index (χ1) is 12.2. The summed E-state index contributed by atoms with van der Waals surface area (Å²) in [5.41, 5.74) is 3.45. The summed E-state index contributed by atoms with van der Waals surface area (Å²) in [6.45, 7) is 1.61. The van der Waals surface area contributed by atoms with Crippen molar-refractivity contribution in [3.05, 3.63) is 53.8 Å². The first-order valence-corrected chi connectivity index (χ1v) is 7.36. The molecule has 0 spiro atoms. The van der Waals surface area contributed by atoms with Crippen molar-refractivity contribution in [3.8, 4) is 17.3 Å². The number of furan rings is 1. The van der Waals surface area contributed by atoms with Gasteiger partial charge in [-0.3, -0.25) is 9.89 Å². The zero-order chi connectivity index (χ0) is 17.4. The zero-order valence-electron chi connectivity index (χ0n) is 13.0. The molecule has 0 saturated heterocycles. The van der Waals surface area contributed by atoms with Gasteiger partial charge in [0.25, 0.3) is 5.91 Å². The van der Waals surface area contributed by atoms with Crippen LogP contribution in [0.25, 0.3) is 22.2 Å². The van der Waals surface area contributed by atoms with Gasteiger partial charge in [0.15, 0.2) is 5.69 Å².